The van der Waals surface area contributed by atoms with E-state index in [9.17, 15) is 0 Å². The van der Waals surface area contributed by atoms with Crippen molar-refractivity contribution in [2.24, 2.45) is 5.92 Å². The van der Waals surface area contributed by atoms with Gasteiger partial charge in [0.15, 0.2) is 5.75 Å². The Kier molecular flexibility index (Phi) is 7.29. The number of nitrogens with zero attached hydrogens (tertiary/aromatic N) is 2. The van der Waals surface area contributed by atoms with Crippen LogP contribution in [0.25, 0.3) is 0 Å². The minimum atomic E-state index is 0.114. The molecule has 2 unspecified atom stereocenters. The van der Waals surface area contributed by atoms with Crippen LogP contribution in [0.15, 0.2) is 18.5 Å². The van der Waals surface area contributed by atoms with Gasteiger partial charge in [-0.3, -0.25) is 0 Å². The number of halogens is 2. The van der Waals surface area contributed by atoms with Gasteiger partial charge in [-0.1, -0.05) is 36.0 Å². The number of hydrogen-bond donors (Lipinski definition) is 1. The molecule has 1 aromatic heterocycles. The Labute approximate surface area is 180 Å². The van der Waals surface area contributed by atoms with Gasteiger partial charge in [-0.15, -0.1) is 12.3 Å². The molecule has 8 heteroatoms. The van der Waals surface area contributed by atoms with Crippen molar-refractivity contribution < 1.29 is 14.2 Å². The standard InChI is InChI=1S/C21H23Cl2N3O3/c1-4-13-7-5-6-8-16(13)26-21-24-10-14(11-25-21)29-12-15-19(22)17(27-2)9-18(28-3)20(15)23/h1,9-11,13,16H,5-8,12H2,2-3H3,(H,24,25,26). The maximum absolute atomic E-state index is 6.37. The Morgan fingerprint density at radius 2 is 1.72 bits per heavy atom. The van der Waals surface area contributed by atoms with E-state index in [0.717, 1.165) is 19.3 Å². The van der Waals surface area contributed by atoms with E-state index in [2.05, 4.69) is 21.2 Å². The molecule has 1 N–H and O–H groups in total. The van der Waals surface area contributed by atoms with Gasteiger partial charge in [0.25, 0.3) is 0 Å². The summed E-state index contributed by atoms with van der Waals surface area (Å²) in [7, 11) is 3.05. The average molecular weight is 436 g/mol. The molecular formula is C21H23Cl2N3O3. The maximum Gasteiger partial charge on any atom is 0.223 e. The van der Waals surface area contributed by atoms with Crippen LogP contribution in [-0.4, -0.2) is 30.2 Å². The molecule has 0 bridgehead atoms. The third kappa shape index (κ3) is 4.98. The Balaban J connectivity index is 1.67. The fraction of sp³-hybridized carbons (Fsp3) is 0.429. The van der Waals surface area contributed by atoms with Gasteiger partial charge in [0.1, 0.15) is 18.1 Å². The Morgan fingerprint density at radius 3 is 2.31 bits per heavy atom. The van der Waals surface area contributed by atoms with Crippen molar-refractivity contribution in [2.45, 2.75) is 38.3 Å². The van der Waals surface area contributed by atoms with Gasteiger partial charge in [0.05, 0.1) is 36.7 Å². The molecule has 0 aliphatic heterocycles. The Hall–Kier alpha value is -2.36. The second-order valence-corrected chi connectivity index (χ2v) is 7.48. The molecule has 1 saturated carbocycles. The highest BCUT2D eigenvalue weighted by molar-refractivity contribution is 6.37. The lowest BCUT2D eigenvalue weighted by Gasteiger charge is -2.28. The fourth-order valence-corrected chi connectivity index (χ4v) is 3.96. The van der Waals surface area contributed by atoms with Crippen LogP contribution in [0.1, 0.15) is 31.2 Å². The summed E-state index contributed by atoms with van der Waals surface area (Å²) in [6.07, 6.45) is 13.2. The highest BCUT2D eigenvalue weighted by Crippen LogP contribution is 2.40. The van der Waals surface area contributed by atoms with Crippen LogP contribution in [0.4, 0.5) is 5.95 Å². The summed E-state index contributed by atoms with van der Waals surface area (Å²) in [5, 5.41) is 4.08. The van der Waals surface area contributed by atoms with E-state index < -0.39 is 0 Å². The van der Waals surface area contributed by atoms with Gasteiger partial charge >= 0.3 is 0 Å². The van der Waals surface area contributed by atoms with Crippen molar-refractivity contribution in [1.82, 2.24) is 9.97 Å². The number of methoxy groups -OCH3 is 2. The second-order valence-electron chi connectivity index (χ2n) is 6.73. The second kappa shape index (κ2) is 9.91. The number of benzene rings is 1. The highest BCUT2D eigenvalue weighted by Gasteiger charge is 2.24. The minimum absolute atomic E-state index is 0.114. The molecule has 2 aromatic rings. The van der Waals surface area contributed by atoms with E-state index in [-0.39, 0.29) is 18.6 Å². The molecule has 1 heterocycles. The Bertz CT molecular complexity index is 856. The predicted octanol–water partition coefficient (Wildman–Crippen LogP) is 4.98. The van der Waals surface area contributed by atoms with Crippen LogP contribution in [0.3, 0.4) is 0 Å². The first kappa shape index (κ1) is 21.4. The number of anilines is 1. The smallest absolute Gasteiger partial charge is 0.223 e. The molecule has 2 atom stereocenters. The summed E-state index contributed by atoms with van der Waals surface area (Å²) in [6.45, 7) is 0.114. The summed E-state index contributed by atoms with van der Waals surface area (Å²) < 4.78 is 16.3. The van der Waals surface area contributed by atoms with Crippen LogP contribution >= 0.6 is 23.2 Å². The summed E-state index contributed by atoms with van der Waals surface area (Å²) in [6, 6.07) is 1.83. The first-order valence-electron chi connectivity index (χ1n) is 9.33. The van der Waals surface area contributed by atoms with Crippen LogP contribution in [-0.2, 0) is 6.61 Å². The third-order valence-electron chi connectivity index (χ3n) is 4.97. The van der Waals surface area contributed by atoms with E-state index in [4.69, 9.17) is 43.8 Å². The zero-order chi connectivity index (χ0) is 20.8. The Morgan fingerprint density at radius 1 is 1.10 bits per heavy atom. The van der Waals surface area contributed by atoms with Crippen LogP contribution in [0.5, 0.6) is 17.2 Å². The number of hydrogen-bond acceptors (Lipinski definition) is 6. The molecule has 0 amide bonds. The summed E-state index contributed by atoms with van der Waals surface area (Å²) in [5.41, 5.74) is 0.561. The molecular weight excluding hydrogens is 413 g/mol. The number of terminal acetylenes is 1. The first-order valence-corrected chi connectivity index (χ1v) is 10.1. The molecule has 6 nitrogen and oxygen atoms in total. The molecule has 1 aromatic carbocycles. The van der Waals surface area contributed by atoms with Gasteiger partial charge in [0, 0.05) is 23.6 Å². The van der Waals surface area contributed by atoms with Crippen molar-refractivity contribution in [3.63, 3.8) is 0 Å². The fourth-order valence-electron chi connectivity index (χ4n) is 3.35. The number of aromatic nitrogens is 2. The molecule has 0 spiro atoms. The quantitative estimate of drug-likeness (QED) is 0.618. The van der Waals surface area contributed by atoms with E-state index in [1.165, 1.54) is 20.6 Å². The monoisotopic (exact) mass is 435 g/mol. The zero-order valence-electron chi connectivity index (χ0n) is 16.4. The van der Waals surface area contributed by atoms with Crippen LogP contribution in [0.2, 0.25) is 10.0 Å². The third-order valence-corrected chi connectivity index (χ3v) is 5.80. The summed E-state index contributed by atoms with van der Waals surface area (Å²) in [5.74, 6) is 5.00. The molecule has 1 fully saturated rings. The van der Waals surface area contributed by atoms with Gasteiger partial charge in [-0.25, -0.2) is 9.97 Å². The van der Waals surface area contributed by atoms with E-state index >= 15 is 0 Å². The average Bonchev–Trinajstić information content (AvgIpc) is 2.75. The minimum Gasteiger partial charge on any atom is -0.495 e. The molecule has 154 valence electrons. The van der Waals surface area contributed by atoms with Crippen molar-refractivity contribution in [1.29, 1.82) is 0 Å². The molecule has 0 radical (unpaired) electrons. The predicted molar refractivity (Wildman–Crippen MR) is 114 cm³/mol. The maximum atomic E-state index is 6.37. The van der Waals surface area contributed by atoms with E-state index in [1.807, 2.05) is 0 Å². The van der Waals surface area contributed by atoms with Crippen LogP contribution in [0, 0.1) is 18.3 Å². The molecule has 1 aliphatic carbocycles. The molecule has 3 rings (SSSR count). The van der Waals surface area contributed by atoms with Crippen molar-refractivity contribution in [3.05, 3.63) is 34.1 Å². The van der Waals surface area contributed by atoms with Crippen molar-refractivity contribution >= 4 is 29.2 Å². The van der Waals surface area contributed by atoms with Crippen molar-refractivity contribution in [3.8, 4) is 29.6 Å². The largest absolute Gasteiger partial charge is 0.495 e. The zero-order valence-corrected chi connectivity index (χ0v) is 17.9. The molecule has 29 heavy (non-hydrogen) atoms. The normalized spacial score (nSPS) is 18.6. The topological polar surface area (TPSA) is 65.5 Å². The van der Waals surface area contributed by atoms with Gasteiger partial charge in [0.2, 0.25) is 5.95 Å². The van der Waals surface area contributed by atoms with Gasteiger partial charge < -0.3 is 19.5 Å². The van der Waals surface area contributed by atoms with Crippen molar-refractivity contribution in [2.75, 3.05) is 19.5 Å². The first-order chi connectivity index (χ1) is 14.1. The SMILES string of the molecule is C#CC1CCCCC1Nc1ncc(OCc2c(Cl)c(OC)cc(OC)c2Cl)cn1. The highest BCUT2D eigenvalue weighted by atomic mass is 35.5. The van der Waals surface area contributed by atoms with Crippen LogP contribution < -0.4 is 19.5 Å². The molecule has 1 aliphatic rings. The number of rotatable bonds is 7. The van der Waals surface area contributed by atoms with E-state index in [0.29, 0.717) is 38.8 Å². The lowest BCUT2D eigenvalue weighted by atomic mass is 9.85. The number of ether oxygens (including phenoxy) is 3. The lowest BCUT2D eigenvalue weighted by molar-refractivity contribution is 0.301. The molecule has 0 saturated heterocycles. The van der Waals surface area contributed by atoms with Gasteiger partial charge in [-0.2, -0.15) is 0 Å². The summed E-state index contributed by atoms with van der Waals surface area (Å²) >= 11 is 12.7. The number of nitrogens with one attached hydrogen (secondary N) is 1. The van der Waals surface area contributed by atoms with E-state index in [1.54, 1.807) is 18.5 Å². The van der Waals surface area contributed by atoms with Gasteiger partial charge in [-0.05, 0) is 12.8 Å². The summed E-state index contributed by atoms with van der Waals surface area (Å²) in [4.78, 5) is 8.67. The lowest BCUT2D eigenvalue weighted by Crippen LogP contribution is -2.31.